The molecule has 0 amide bonds. The highest BCUT2D eigenvalue weighted by atomic mass is 32.2. The molecule has 0 aromatic rings. The maximum atomic E-state index is 12.4. The van der Waals surface area contributed by atoms with E-state index in [0.29, 0.717) is 6.54 Å². The summed E-state index contributed by atoms with van der Waals surface area (Å²) in [5.41, 5.74) is 0. The van der Waals surface area contributed by atoms with Crippen molar-refractivity contribution in [2.75, 3.05) is 39.5 Å². The van der Waals surface area contributed by atoms with Crippen LogP contribution in [-0.2, 0) is 10.0 Å². The van der Waals surface area contributed by atoms with E-state index in [0.717, 1.165) is 38.8 Å². The Hall–Kier alpha value is -0.170. The summed E-state index contributed by atoms with van der Waals surface area (Å²) < 4.78 is 26.6. The minimum atomic E-state index is -3.09. The van der Waals surface area contributed by atoms with Gasteiger partial charge in [0.15, 0.2) is 0 Å². The van der Waals surface area contributed by atoms with Gasteiger partial charge in [0.1, 0.15) is 0 Å². The van der Waals surface area contributed by atoms with E-state index in [-0.39, 0.29) is 17.8 Å². The molecule has 18 heavy (non-hydrogen) atoms. The minimum absolute atomic E-state index is 0.163. The van der Waals surface area contributed by atoms with Gasteiger partial charge < -0.3 is 10.2 Å². The Morgan fingerprint density at radius 1 is 1.28 bits per heavy atom. The van der Waals surface area contributed by atoms with Gasteiger partial charge >= 0.3 is 0 Å². The lowest BCUT2D eigenvalue weighted by Gasteiger charge is -2.27. The second kappa shape index (κ2) is 5.86. The van der Waals surface area contributed by atoms with Crippen molar-refractivity contribution in [1.82, 2.24) is 14.5 Å². The first-order chi connectivity index (χ1) is 8.49. The molecule has 0 aromatic heterocycles. The van der Waals surface area contributed by atoms with E-state index in [1.54, 1.807) is 4.31 Å². The molecule has 2 heterocycles. The summed E-state index contributed by atoms with van der Waals surface area (Å²) in [4.78, 5) is 2.08. The van der Waals surface area contributed by atoms with Crippen molar-refractivity contribution in [3.8, 4) is 0 Å². The third kappa shape index (κ3) is 3.44. The smallest absolute Gasteiger partial charge is 0.215 e. The molecule has 2 aliphatic heterocycles. The molecule has 0 aliphatic carbocycles. The first-order valence-electron chi connectivity index (χ1n) is 6.86. The summed E-state index contributed by atoms with van der Waals surface area (Å²) >= 11 is 0. The monoisotopic (exact) mass is 275 g/mol. The third-order valence-electron chi connectivity index (χ3n) is 3.83. The van der Waals surface area contributed by atoms with Crippen LogP contribution in [0.4, 0.5) is 0 Å². The number of hydrogen-bond donors (Lipinski definition) is 1. The lowest BCUT2D eigenvalue weighted by Crippen LogP contribution is -2.45. The second-order valence-electron chi connectivity index (χ2n) is 5.74. The van der Waals surface area contributed by atoms with Gasteiger partial charge in [-0.1, -0.05) is 0 Å². The van der Waals surface area contributed by atoms with Crippen LogP contribution in [0.5, 0.6) is 0 Å². The fourth-order valence-electron chi connectivity index (χ4n) is 3.03. The van der Waals surface area contributed by atoms with Crippen molar-refractivity contribution in [3.05, 3.63) is 0 Å². The van der Waals surface area contributed by atoms with Crippen molar-refractivity contribution in [2.45, 2.75) is 37.8 Å². The van der Waals surface area contributed by atoms with Crippen LogP contribution < -0.4 is 5.32 Å². The fourth-order valence-corrected chi connectivity index (χ4v) is 5.05. The van der Waals surface area contributed by atoms with Gasteiger partial charge in [-0.3, -0.25) is 0 Å². The highest BCUT2D eigenvalue weighted by Gasteiger charge is 2.36. The Morgan fingerprint density at radius 3 is 2.67 bits per heavy atom. The summed E-state index contributed by atoms with van der Waals surface area (Å²) in [7, 11) is 0.909. The molecule has 0 saturated carbocycles. The van der Waals surface area contributed by atoms with Crippen LogP contribution in [0.15, 0.2) is 0 Å². The molecule has 2 atom stereocenters. The zero-order valence-electron chi connectivity index (χ0n) is 11.4. The molecule has 2 rings (SSSR count). The first-order valence-corrected chi connectivity index (χ1v) is 8.47. The average Bonchev–Trinajstić information content (AvgIpc) is 2.87. The first kappa shape index (κ1) is 14.2. The van der Waals surface area contributed by atoms with Gasteiger partial charge in [-0.25, -0.2) is 8.42 Å². The summed E-state index contributed by atoms with van der Waals surface area (Å²) in [5.74, 6) is 0.275. The summed E-state index contributed by atoms with van der Waals surface area (Å²) in [5, 5.41) is 3.28. The van der Waals surface area contributed by atoms with E-state index in [9.17, 15) is 8.42 Å². The average molecular weight is 275 g/mol. The van der Waals surface area contributed by atoms with Gasteiger partial charge in [0.25, 0.3) is 0 Å². The van der Waals surface area contributed by atoms with Crippen LogP contribution >= 0.6 is 0 Å². The Balaban J connectivity index is 1.98. The lowest BCUT2D eigenvalue weighted by molar-refractivity contribution is 0.290. The molecule has 2 saturated heterocycles. The zero-order valence-corrected chi connectivity index (χ0v) is 12.2. The Morgan fingerprint density at radius 2 is 2.06 bits per heavy atom. The third-order valence-corrected chi connectivity index (χ3v) is 5.85. The van der Waals surface area contributed by atoms with Crippen LogP contribution in [-0.4, -0.2) is 69.2 Å². The Kier molecular flexibility index (Phi) is 4.64. The molecular formula is C12H25N3O2S. The van der Waals surface area contributed by atoms with E-state index in [1.807, 2.05) is 14.1 Å². The molecule has 1 N–H and O–H groups in total. The molecule has 2 unspecified atom stereocenters. The normalized spacial score (nSPS) is 30.4. The topological polar surface area (TPSA) is 52.7 Å². The predicted octanol–water partition coefficient (Wildman–Crippen LogP) is 0.0942. The molecule has 2 aliphatic rings. The van der Waals surface area contributed by atoms with E-state index < -0.39 is 10.0 Å². The van der Waals surface area contributed by atoms with E-state index in [2.05, 4.69) is 10.2 Å². The molecule has 0 aromatic carbocycles. The molecule has 0 radical (unpaired) electrons. The van der Waals surface area contributed by atoms with Gasteiger partial charge in [0.05, 0.1) is 5.75 Å². The molecule has 0 spiro atoms. The van der Waals surface area contributed by atoms with E-state index in [1.165, 1.54) is 0 Å². The summed E-state index contributed by atoms with van der Waals surface area (Å²) in [6.07, 6.45) is 4.08. The van der Waals surface area contributed by atoms with Gasteiger partial charge in [0.2, 0.25) is 10.0 Å². The van der Waals surface area contributed by atoms with E-state index in [4.69, 9.17) is 0 Å². The highest BCUT2D eigenvalue weighted by Crippen LogP contribution is 2.23. The summed E-state index contributed by atoms with van der Waals surface area (Å²) in [6.45, 7) is 2.49. The predicted molar refractivity (Wildman–Crippen MR) is 73.1 cm³/mol. The van der Waals surface area contributed by atoms with Gasteiger partial charge in [-0.2, -0.15) is 4.31 Å². The standard InChI is InChI=1S/C12H25N3O2S/c1-14(2)9-12-6-4-8-15(12)18(16,17)10-11-5-3-7-13-11/h11-13H,3-10H2,1-2H3. The van der Waals surface area contributed by atoms with Crippen molar-refractivity contribution in [1.29, 1.82) is 0 Å². The largest absolute Gasteiger partial charge is 0.313 e. The summed E-state index contributed by atoms with van der Waals surface area (Å²) in [6, 6.07) is 0.335. The van der Waals surface area contributed by atoms with Crippen molar-refractivity contribution in [3.63, 3.8) is 0 Å². The lowest BCUT2D eigenvalue weighted by atomic mass is 10.2. The highest BCUT2D eigenvalue weighted by molar-refractivity contribution is 7.89. The van der Waals surface area contributed by atoms with Gasteiger partial charge in [-0.05, 0) is 46.3 Å². The number of hydrogen-bond acceptors (Lipinski definition) is 4. The zero-order chi connectivity index (χ0) is 13.2. The van der Waals surface area contributed by atoms with Crippen LogP contribution in [0.2, 0.25) is 0 Å². The molecule has 0 bridgehead atoms. The van der Waals surface area contributed by atoms with Crippen LogP contribution in [0, 0.1) is 0 Å². The Bertz CT molecular complexity index is 364. The minimum Gasteiger partial charge on any atom is -0.313 e. The number of nitrogens with zero attached hydrogens (tertiary/aromatic N) is 2. The Labute approximate surface area is 111 Å². The van der Waals surface area contributed by atoms with Crippen LogP contribution in [0.1, 0.15) is 25.7 Å². The van der Waals surface area contributed by atoms with E-state index >= 15 is 0 Å². The number of rotatable bonds is 5. The molecule has 6 heteroatoms. The maximum absolute atomic E-state index is 12.4. The maximum Gasteiger partial charge on any atom is 0.215 e. The molecule has 5 nitrogen and oxygen atoms in total. The molecular weight excluding hydrogens is 250 g/mol. The van der Waals surface area contributed by atoms with Crippen molar-refractivity contribution >= 4 is 10.0 Å². The van der Waals surface area contributed by atoms with Crippen molar-refractivity contribution in [2.24, 2.45) is 0 Å². The van der Waals surface area contributed by atoms with Crippen LogP contribution in [0.3, 0.4) is 0 Å². The SMILES string of the molecule is CN(C)CC1CCCN1S(=O)(=O)CC1CCCN1. The number of likely N-dealkylation sites (N-methyl/N-ethyl adjacent to an activating group) is 1. The van der Waals surface area contributed by atoms with Gasteiger partial charge in [0, 0.05) is 25.2 Å². The van der Waals surface area contributed by atoms with Crippen LogP contribution in [0.25, 0.3) is 0 Å². The number of sulfonamides is 1. The van der Waals surface area contributed by atoms with Crippen molar-refractivity contribution < 1.29 is 8.42 Å². The fraction of sp³-hybridized carbons (Fsp3) is 1.00. The second-order valence-corrected chi connectivity index (χ2v) is 7.71. The molecule has 2 fully saturated rings. The quantitative estimate of drug-likeness (QED) is 0.773. The number of nitrogens with one attached hydrogen (secondary N) is 1. The van der Waals surface area contributed by atoms with Gasteiger partial charge in [-0.15, -0.1) is 0 Å². The molecule has 106 valence electrons.